The van der Waals surface area contributed by atoms with E-state index in [9.17, 15) is 8.42 Å². The smallest absolute Gasteiger partial charge is 0.151 e. The van der Waals surface area contributed by atoms with Crippen LogP contribution in [-0.4, -0.2) is 43.7 Å². The average molecular weight is 251 g/mol. The SMILES string of the molecule is CCS(=O)(=O)CC(C)NC(CO)CC(C)C. The fourth-order valence-electron chi connectivity index (χ4n) is 1.71. The van der Waals surface area contributed by atoms with Crippen LogP contribution in [0.1, 0.15) is 34.1 Å². The Labute approximate surface area is 99.4 Å². The summed E-state index contributed by atoms with van der Waals surface area (Å²) in [5, 5.41) is 12.3. The molecule has 0 aliphatic carbocycles. The fraction of sp³-hybridized carbons (Fsp3) is 1.00. The van der Waals surface area contributed by atoms with Crippen LogP contribution in [0.25, 0.3) is 0 Å². The van der Waals surface area contributed by atoms with E-state index in [1.807, 2.05) is 6.92 Å². The largest absolute Gasteiger partial charge is 0.395 e. The van der Waals surface area contributed by atoms with Crippen molar-refractivity contribution in [2.45, 2.75) is 46.2 Å². The van der Waals surface area contributed by atoms with E-state index in [0.29, 0.717) is 5.92 Å². The van der Waals surface area contributed by atoms with Crippen LogP contribution >= 0.6 is 0 Å². The molecule has 0 saturated heterocycles. The molecule has 0 saturated carbocycles. The van der Waals surface area contributed by atoms with Gasteiger partial charge in [0.1, 0.15) is 0 Å². The molecule has 0 aliphatic rings. The molecule has 2 atom stereocenters. The zero-order valence-electron chi connectivity index (χ0n) is 10.7. The Morgan fingerprint density at radius 2 is 1.81 bits per heavy atom. The molecule has 5 heteroatoms. The summed E-state index contributed by atoms with van der Waals surface area (Å²) in [6, 6.07) is -0.122. The second kappa shape index (κ2) is 7.25. The average Bonchev–Trinajstić information content (AvgIpc) is 2.15. The highest BCUT2D eigenvalue weighted by Crippen LogP contribution is 2.05. The molecule has 0 heterocycles. The fourth-order valence-corrected chi connectivity index (χ4v) is 2.81. The van der Waals surface area contributed by atoms with E-state index in [2.05, 4.69) is 19.2 Å². The van der Waals surface area contributed by atoms with Crippen LogP contribution in [0.5, 0.6) is 0 Å². The highest BCUT2D eigenvalue weighted by Gasteiger charge is 2.17. The van der Waals surface area contributed by atoms with Crippen molar-refractivity contribution in [3.05, 3.63) is 0 Å². The molecule has 98 valence electrons. The van der Waals surface area contributed by atoms with Gasteiger partial charge < -0.3 is 10.4 Å². The number of aliphatic hydroxyl groups excluding tert-OH is 1. The minimum absolute atomic E-state index is 0.0120. The number of aliphatic hydroxyl groups is 1. The standard InChI is InChI=1S/C11H25NO3S/c1-5-16(14,15)8-10(4)12-11(7-13)6-9(2)3/h9-13H,5-8H2,1-4H3. The lowest BCUT2D eigenvalue weighted by Crippen LogP contribution is -2.43. The van der Waals surface area contributed by atoms with Gasteiger partial charge in [0.05, 0.1) is 12.4 Å². The van der Waals surface area contributed by atoms with Crippen LogP contribution in [0.3, 0.4) is 0 Å². The van der Waals surface area contributed by atoms with Gasteiger partial charge in [0.15, 0.2) is 9.84 Å². The van der Waals surface area contributed by atoms with Crippen molar-refractivity contribution in [2.24, 2.45) is 5.92 Å². The molecule has 0 aromatic rings. The number of rotatable bonds is 8. The molecule has 0 aromatic heterocycles. The maximum Gasteiger partial charge on any atom is 0.151 e. The molecule has 0 amide bonds. The zero-order valence-corrected chi connectivity index (χ0v) is 11.5. The number of sulfone groups is 1. The second-order valence-corrected chi connectivity index (χ2v) is 7.17. The summed E-state index contributed by atoms with van der Waals surface area (Å²) >= 11 is 0. The summed E-state index contributed by atoms with van der Waals surface area (Å²) in [6.07, 6.45) is 0.854. The molecule has 0 fully saturated rings. The van der Waals surface area contributed by atoms with Crippen molar-refractivity contribution in [1.82, 2.24) is 5.32 Å². The Morgan fingerprint density at radius 3 is 2.19 bits per heavy atom. The third-order valence-corrected chi connectivity index (χ3v) is 4.33. The van der Waals surface area contributed by atoms with Crippen molar-refractivity contribution >= 4 is 9.84 Å². The molecule has 0 rings (SSSR count). The highest BCUT2D eigenvalue weighted by atomic mass is 32.2. The lowest BCUT2D eigenvalue weighted by molar-refractivity contribution is 0.217. The number of hydrogen-bond acceptors (Lipinski definition) is 4. The van der Waals surface area contributed by atoms with E-state index in [1.165, 1.54) is 0 Å². The lowest BCUT2D eigenvalue weighted by Gasteiger charge is -2.22. The van der Waals surface area contributed by atoms with Crippen LogP contribution < -0.4 is 5.32 Å². The summed E-state index contributed by atoms with van der Waals surface area (Å²) < 4.78 is 22.8. The van der Waals surface area contributed by atoms with Crippen LogP contribution in [-0.2, 0) is 9.84 Å². The first kappa shape index (κ1) is 15.9. The highest BCUT2D eigenvalue weighted by molar-refractivity contribution is 7.91. The molecule has 0 aromatic carbocycles. The maximum atomic E-state index is 11.4. The Bertz CT molecular complexity index is 275. The molecule has 0 spiro atoms. The van der Waals surface area contributed by atoms with Crippen LogP contribution in [0.2, 0.25) is 0 Å². The molecule has 4 nitrogen and oxygen atoms in total. The summed E-state index contributed by atoms with van der Waals surface area (Å²) in [7, 11) is -2.95. The van der Waals surface area contributed by atoms with Gasteiger partial charge in [-0.15, -0.1) is 0 Å². The van der Waals surface area contributed by atoms with Gasteiger partial charge in [0, 0.05) is 17.8 Å². The lowest BCUT2D eigenvalue weighted by atomic mass is 10.0. The summed E-state index contributed by atoms with van der Waals surface area (Å²) in [5.74, 6) is 0.796. The maximum absolute atomic E-state index is 11.4. The van der Waals surface area contributed by atoms with Crippen molar-refractivity contribution in [3.63, 3.8) is 0 Å². The van der Waals surface area contributed by atoms with Crippen molar-refractivity contribution in [2.75, 3.05) is 18.1 Å². The van der Waals surface area contributed by atoms with Crippen molar-refractivity contribution in [3.8, 4) is 0 Å². The third-order valence-electron chi connectivity index (χ3n) is 2.44. The van der Waals surface area contributed by atoms with E-state index < -0.39 is 9.84 Å². The van der Waals surface area contributed by atoms with Gasteiger partial charge in [-0.3, -0.25) is 0 Å². The quantitative estimate of drug-likeness (QED) is 0.670. The normalized spacial score (nSPS) is 16.4. The van der Waals surface area contributed by atoms with Crippen LogP contribution in [0, 0.1) is 5.92 Å². The molecule has 16 heavy (non-hydrogen) atoms. The Balaban J connectivity index is 4.15. The minimum atomic E-state index is -2.95. The first-order chi connectivity index (χ1) is 7.30. The van der Waals surface area contributed by atoms with Gasteiger partial charge in [0.2, 0.25) is 0 Å². The first-order valence-electron chi connectivity index (χ1n) is 5.88. The van der Waals surface area contributed by atoms with Gasteiger partial charge in [-0.25, -0.2) is 8.42 Å². The van der Waals surface area contributed by atoms with Gasteiger partial charge in [0.25, 0.3) is 0 Å². The van der Waals surface area contributed by atoms with Gasteiger partial charge in [-0.2, -0.15) is 0 Å². The predicted octanol–water partition coefficient (Wildman–Crippen LogP) is 0.806. The summed E-state index contributed by atoms with van der Waals surface area (Å²) in [6.45, 7) is 7.71. The Kier molecular flexibility index (Phi) is 7.19. The molecule has 0 aliphatic heterocycles. The molecule has 2 N–H and O–H groups in total. The zero-order chi connectivity index (χ0) is 12.8. The summed E-state index contributed by atoms with van der Waals surface area (Å²) in [5.41, 5.74) is 0. The van der Waals surface area contributed by atoms with Gasteiger partial charge >= 0.3 is 0 Å². The predicted molar refractivity (Wildman–Crippen MR) is 67.3 cm³/mol. The van der Waals surface area contributed by atoms with Crippen molar-refractivity contribution < 1.29 is 13.5 Å². The number of nitrogens with one attached hydrogen (secondary N) is 1. The second-order valence-electron chi connectivity index (χ2n) is 4.78. The Hall–Kier alpha value is -0.130. The Morgan fingerprint density at radius 1 is 1.25 bits per heavy atom. The third kappa shape index (κ3) is 7.19. The van der Waals surface area contributed by atoms with E-state index in [-0.39, 0.29) is 30.2 Å². The number of hydrogen-bond donors (Lipinski definition) is 2. The van der Waals surface area contributed by atoms with E-state index >= 15 is 0 Å². The van der Waals surface area contributed by atoms with Gasteiger partial charge in [-0.1, -0.05) is 20.8 Å². The molecule has 0 bridgehead atoms. The monoisotopic (exact) mass is 251 g/mol. The topological polar surface area (TPSA) is 66.4 Å². The van der Waals surface area contributed by atoms with Gasteiger partial charge in [-0.05, 0) is 19.3 Å². The van der Waals surface area contributed by atoms with E-state index in [0.717, 1.165) is 6.42 Å². The summed E-state index contributed by atoms with van der Waals surface area (Å²) in [4.78, 5) is 0. The molecule has 0 radical (unpaired) electrons. The van der Waals surface area contributed by atoms with E-state index in [1.54, 1.807) is 6.92 Å². The van der Waals surface area contributed by atoms with Crippen molar-refractivity contribution in [1.29, 1.82) is 0 Å². The van der Waals surface area contributed by atoms with Crippen LogP contribution in [0.15, 0.2) is 0 Å². The molecular weight excluding hydrogens is 226 g/mol. The van der Waals surface area contributed by atoms with E-state index in [4.69, 9.17) is 5.11 Å². The van der Waals surface area contributed by atoms with Crippen LogP contribution in [0.4, 0.5) is 0 Å². The first-order valence-corrected chi connectivity index (χ1v) is 7.70. The molecule has 2 unspecified atom stereocenters. The minimum Gasteiger partial charge on any atom is -0.395 e. The molecular formula is C11H25NO3S.